The molecule has 3 heterocycles. The van der Waals surface area contributed by atoms with Crippen LogP contribution in [0.5, 0.6) is 0 Å². The molecule has 3 saturated heterocycles. The molecule has 240 valence electrons. The highest BCUT2D eigenvalue weighted by molar-refractivity contribution is 9.09. The maximum atomic E-state index is 14.9. The lowest BCUT2D eigenvalue weighted by molar-refractivity contribution is -0.145. The Balaban J connectivity index is 1.55. The van der Waals surface area contributed by atoms with Gasteiger partial charge in [0.1, 0.15) is 11.6 Å². The van der Waals surface area contributed by atoms with E-state index in [1.165, 1.54) is 0 Å². The predicted octanol–water partition coefficient (Wildman–Crippen LogP) is 4.95. The minimum atomic E-state index is -1.16. The van der Waals surface area contributed by atoms with Crippen LogP contribution in [0.15, 0.2) is 73.8 Å². The monoisotopic (exact) mass is 677 g/mol. The van der Waals surface area contributed by atoms with Crippen molar-refractivity contribution in [2.24, 2.45) is 11.8 Å². The SMILES string of the molecule is C=CCN(Cc1ccccc1)C(=O)[C@H]1[C@@H]2OC3(CC2Br)C(C(=O)N(CC=C)c2cc(C)ccc2C)N(CCCCCO)C(=O)[C@H]13. The van der Waals surface area contributed by atoms with Gasteiger partial charge in [0.2, 0.25) is 11.8 Å². The van der Waals surface area contributed by atoms with Crippen molar-refractivity contribution in [3.8, 4) is 0 Å². The van der Waals surface area contributed by atoms with Gasteiger partial charge in [-0.3, -0.25) is 14.4 Å². The topological polar surface area (TPSA) is 90.4 Å². The first-order valence-electron chi connectivity index (χ1n) is 15.8. The van der Waals surface area contributed by atoms with Gasteiger partial charge in [0.05, 0.1) is 17.9 Å². The zero-order valence-electron chi connectivity index (χ0n) is 26.2. The summed E-state index contributed by atoms with van der Waals surface area (Å²) in [6, 6.07) is 14.8. The van der Waals surface area contributed by atoms with Crippen LogP contribution in [0, 0.1) is 25.7 Å². The molecule has 2 aromatic carbocycles. The van der Waals surface area contributed by atoms with Crippen molar-refractivity contribution in [1.82, 2.24) is 9.80 Å². The Kier molecular flexibility index (Phi) is 10.3. The Morgan fingerprint density at radius 2 is 1.80 bits per heavy atom. The molecule has 0 aliphatic carbocycles. The molecule has 6 atom stereocenters. The maximum absolute atomic E-state index is 14.9. The molecule has 0 aromatic heterocycles. The molecule has 3 amide bonds. The minimum Gasteiger partial charge on any atom is -0.396 e. The Morgan fingerprint density at radius 1 is 1.07 bits per heavy atom. The van der Waals surface area contributed by atoms with Crippen LogP contribution in [-0.4, -0.2) is 81.4 Å². The average Bonchev–Trinajstić information content (AvgIpc) is 3.62. The van der Waals surface area contributed by atoms with Crippen molar-refractivity contribution in [3.63, 3.8) is 0 Å². The van der Waals surface area contributed by atoms with E-state index in [-0.39, 0.29) is 35.7 Å². The van der Waals surface area contributed by atoms with Crippen LogP contribution in [-0.2, 0) is 25.7 Å². The lowest BCUT2D eigenvalue weighted by Gasteiger charge is -2.38. The largest absolute Gasteiger partial charge is 0.396 e. The number of carbonyl (C=O) groups excluding carboxylic acids is 3. The molecule has 1 N–H and O–H groups in total. The fraction of sp³-hybridized carbons (Fsp3) is 0.472. The Hall–Kier alpha value is -3.27. The van der Waals surface area contributed by atoms with Crippen LogP contribution in [0.2, 0.25) is 0 Å². The zero-order chi connectivity index (χ0) is 32.3. The number of ether oxygens (including phenoxy) is 1. The first-order chi connectivity index (χ1) is 21.7. The highest BCUT2D eigenvalue weighted by Crippen LogP contribution is 2.60. The lowest BCUT2D eigenvalue weighted by Crippen LogP contribution is -2.57. The van der Waals surface area contributed by atoms with Gasteiger partial charge in [-0.25, -0.2) is 0 Å². The molecule has 1 spiro atoms. The molecule has 3 fully saturated rings. The number of rotatable bonds is 14. The van der Waals surface area contributed by atoms with Crippen molar-refractivity contribution in [1.29, 1.82) is 0 Å². The van der Waals surface area contributed by atoms with Gasteiger partial charge in [-0.15, -0.1) is 13.2 Å². The summed E-state index contributed by atoms with van der Waals surface area (Å²) in [5, 5.41) is 9.37. The van der Waals surface area contributed by atoms with E-state index in [0.29, 0.717) is 45.3 Å². The van der Waals surface area contributed by atoms with E-state index in [1.807, 2.05) is 62.4 Å². The molecule has 3 unspecified atom stereocenters. The van der Waals surface area contributed by atoms with Crippen LogP contribution in [0.3, 0.4) is 0 Å². The van der Waals surface area contributed by atoms with Crippen molar-refractivity contribution in [3.05, 3.63) is 90.5 Å². The van der Waals surface area contributed by atoms with Gasteiger partial charge in [0.15, 0.2) is 0 Å². The summed E-state index contributed by atoms with van der Waals surface area (Å²) in [5.41, 5.74) is 2.54. The predicted molar refractivity (Wildman–Crippen MR) is 179 cm³/mol. The van der Waals surface area contributed by atoms with Gasteiger partial charge in [0, 0.05) is 43.3 Å². The molecule has 3 aliphatic heterocycles. The van der Waals surface area contributed by atoms with Gasteiger partial charge in [-0.2, -0.15) is 0 Å². The number of aliphatic hydroxyl groups is 1. The summed E-state index contributed by atoms with van der Waals surface area (Å²) in [6.07, 6.45) is 5.24. The number of anilines is 1. The summed E-state index contributed by atoms with van der Waals surface area (Å²) in [5.74, 6) is -2.15. The fourth-order valence-corrected chi connectivity index (χ4v) is 8.44. The van der Waals surface area contributed by atoms with Gasteiger partial charge >= 0.3 is 0 Å². The van der Waals surface area contributed by atoms with Crippen molar-refractivity contribution in [2.75, 3.05) is 31.1 Å². The van der Waals surface area contributed by atoms with E-state index in [9.17, 15) is 19.5 Å². The quantitative estimate of drug-likeness (QED) is 0.174. The third-order valence-electron chi connectivity index (χ3n) is 9.48. The average molecular weight is 679 g/mol. The number of carbonyl (C=O) groups is 3. The van der Waals surface area contributed by atoms with E-state index in [4.69, 9.17) is 4.74 Å². The van der Waals surface area contributed by atoms with Crippen LogP contribution in [0.25, 0.3) is 0 Å². The van der Waals surface area contributed by atoms with Gasteiger partial charge in [0.25, 0.3) is 5.91 Å². The van der Waals surface area contributed by atoms with Gasteiger partial charge in [-0.1, -0.05) is 70.5 Å². The molecule has 0 saturated carbocycles. The second-order valence-electron chi connectivity index (χ2n) is 12.5. The number of fused-ring (bicyclic) bond motifs is 1. The van der Waals surface area contributed by atoms with Crippen LogP contribution < -0.4 is 4.90 Å². The number of halogens is 1. The number of benzene rings is 2. The number of aryl methyl sites for hydroxylation is 2. The number of amides is 3. The molecule has 2 aromatic rings. The minimum absolute atomic E-state index is 0.0653. The second-order valence-corrected chi connectivity index (χ2v) is 13.7. The number of nitrogens with zero attached hydrogens (tertiary/aromatic N) is 3. The van der Waals surface area contributed by atoms with Gasteiger partial charge < -0.3 is 24.5 Å². The number of unbranched alkanes of at least 4 members (excludes halogenated alkanes) is 2. The second kappa shape index (κ2) is 14.0. The normalized spacial score (nSPS) is 26.5. The van der Waals surface area contributed by atoms with Crippen LogP contribution >= 0.6 is 15.9 Å². The van der Waals surface area contributed by atoms with E-state index < -0.39 is 29.6 Å². The summed E-state index contributed by atoms with van der Waals surface area (Å²) in [7, 11) is 0. The molecule has 8 nitrogen and oxygen atoms in total. The van der Waals surface area contributed by atoms with E-state index in [0.717, 1.165) is 22.4 Å². The molecule has 45 heavy (non-hydrogen) atoms. The highest BCUT2D eigenvalue weighted by Gasteiger charge is 2.76. The highest BCUT2D eigenvalue weighted by atomic mass is 79.9. The maximum Gasteiger partial charge on any atom is 0.253 e. The Morgan fingerprint density at radius 3 is 2.49 bits per heavy atom. The lowest BCUT2D eigenvalue weighted by atomic mass is 9.70. The summed E-state index contributed by atoms with van der Waals surface area (Å²) >= 11 is 3.80. The number of hydrogen-bond donors (Lipinski definition) is 1. The molecular formula is C36H44BrN3O5. The Bertz CT molecular complexity index is 1430. The molecule has 9 heteroatoms. The molecular weight excluding hydrogens is 634 g/mol. The van der Waals surface area contributed by atoms with Gasteiger partial charge in [-0.05, 0) is 62.3 Å². The third-order valence-corrected chi connectivity index (χ3v) is 10.3. The first kappa shape index (κ1) is 33.1. The summed E-state index contributed by atoms with van der Waals surface area (Å²) in [4.78, 5) is 48.8. The smallest absolute Gasteiger partial charge is 0.253 e. The van der Waals surface area contributed by atoms with E-state index in [1.54, 1.807) is 26.9 Å². The number of likely N-dealkylation sites (tertiary alicyclic amines) is 1. The van der Waals surface area contributed by atoms with E-state index in [2.05, 4.69) is 29.1 Å². The van der Waals surface area contributed by atoms with Crippen molar-refractivity contribution < 1.29 is 24.2 Å². The van der Waals surface area contributed by atoms with Crippen LogP contribution in [0.4, 0.5) is 5.69 Å². The zero-order valence-corrected chi connectivity index (χ0v) is 27.8. The number of aliphatic hydroxyl groups excluding tert-OH is 1. The number of hydrogen-bond acceptors (Lipinski definition) is 5. The molecule has 3 aliphatic rings. The van der Waals surface area contributed by atoms with Crippen molar-refractivity contribution in [2.45, 2.75) is 68.6 Å². The molecule has 0 radical (unpaired) electrons. The third kappa shape index (κ3) is 6.14. The van der Waals surface area contributed by atoms with Crippen molar-refractivity contribution >= 4 is 39.3 Å². The van der Waals surface area contributed by atoms with E-state index >= 15 is 0 Å². The number of alkyl halides is 1. The fourth-order valence-electron chi connectivity index (χ4n) is 7.50. The summed E-state index contributed by atoms with van der Waals surface area (Å²) in [6.45, 7) is 13.1. The van der Waals surface area contributed by atoms with Crippen LogP contribution in [0.1, 0.15) is 42.4 Å². The molecule has 5 rings (SSSR count). The first-order valence-corrected chi connectivity index (χ1v) is 16.8. The molecule has 2 bridgehead atoms. The summed E-state index contributed by atoms with van der Waals surface area (Å²) < 4.78 is 6.79. The standard InChI is InChI=1S/C36H44BrN3O5/c1-5-17-38(23-26-13-9-7-10-14-26)33(42)29-30-34(43)40(19-11-8-12-20-41)32(36(30)22-27(37)31(29)45-36)35(44)39(18-6-2)28-21-24(3)15-16-25(28)4/h5-7,9-10,13-16,21,27,29-32,41H,1-2,8,11-12,17-20,22-23H2,3-4H3/t27?,29-,30+,31-,32?,36?/m1/s1. The Labute approximate surface area is 274 Å².